The Bertz CT molecular complexity index is 1550. The molecule has 4 aromatic carbocycles. The maximum Gasteiger partial charge on any atom is 0.266 e. The molecule has 0 bridgehead atoms. The number of carbonyl (C=O) groups is 3. The van der Waals surface area contributed by atoms with Crippen LogP contribution in [-0.2, 0) is 14.4 Å². The molecule has 3 atom stereocenters. The minimum Gasteiger partial charge on any atom is -0.289 e. The lowest BCUT2D eigenvalue weighted by Crippen LogP contribution is -2.37. The van der Waals surface area contributed by atoms with Crippen molar-refractivity contribution < 1.29 is 19.2 Å². The number of rotatable bonds is 5. The van der Waals surface area contributed by atoms with E-state index in [0.717, 1.165) is 13.6 Å². The van der Waals surface area contributed by atoms with Crippen LogP contribution < -0.4 is 9.96 Å². The number of benzene rings is 4. The highest BCUT2D eigenvalue weighted by Gasteiger charge is 2.60. The molecule has 0 N–H and O–H groups in total. The first-order valence-electron chi connectivity index (χ1n) is 12.0. The summed E-state index contributed by atoms with van der Waals surface area (Å²) in [6.45, 7) is 0. The molecule has 4 aromatic rings. The van der Waals surface area contributed by atoms with Crippen molar-refractivity contribution in [3.63, 3.8) is 0 Å². The van der Waals surface area contributed by atoms with Crippen LogP contribution in [0.2, 0.25) is 0 Å². The number of ketones is 1. The van der Waals surface area contributed by atoms with Gasteiger partial charge in [-0.15, -0.1) is 0 Å². The molecule has 0 unspecified atom stereocenters. The van der Waals surface area contributed by atoms with Gasteiger partial charge in [-0.05, 0) is 70.6 Å². The summed E-state index contributed by atoms with van der Waals surface area (Å²) >= 11 is 5.57. The highest BCUT2D eigenvalue weighted by molar-refractivity contribution is 14.1. The zero-order chi connectivity index (χ0) is 26.4. The number of anilines is 2. The average Bonchev–Trinajstić information content (AvgIpc) is 3.45. The minimum absolute atomic E-state index is 0.166. The molecule has 0 aliphatic carbocycles. The fourth-order valence-corrected chi connectivity index (χ4v) is 5.84. The van der Waals surface area contributed by atoms with Gasteiger partial charge in [-0.1, -0.05) is 76.6 Å². The van der Waals surface area contributed by atoms with Crippen LogP contribution in [0.25, 0.3) is 0 Å². The molecule has 2 saturated heterocycles. The SMILES string of the molecule is O=C(c1ccccc1)c1cc(I)ccc1N1O[C@@H]2C(=O)N(c3ccc(Br)cc3)C(=O)[C@@H]2[C@@H]1c1ccccc1. The van der Waals surface area contributed by atoms with Crippen molar-refractivity contribution >= 4 is 67.5 Å². The fraction of sp³-hybridized carbons (Fsp3) is 0.100. The van der Waals surface area contributed by atoms with Gasteiger partial charge in [-0.3, -0.25) is 19.2 Å². The van der Waals surface area contributed by atoms with Gasteiger partial charge in [-0.25, -0.2) is 9.96 Å². The molecule has 38 heavy (non-hydrogen) atoms. The highest BCUT2D eigenvalue weighted by atomic mass is 127. The van der Waals surface area contributed by atoms with E-state index >= 15 is 0 Å². The number of hydrogen-bond acceptors (Lipinski definition) is 5. The third-order valence-corrected chi connectivity index (χ3v) is 8.02. The van der Waals surface area contributed by atoms with E-state index in [2.05, 4.69) is 38.5 Å². The molecule has 6 rings (SSSR count). The molecule has 2 aliphatic rings. The van der Waals surface area contributed by atoms with Gasteiger partial charge in [0.2, 0.25) is 5.91 Å². The molecule has 0 saturated carbocycles. The first kappa shape index (κ1) is 25.0. The van der Waals surface area contributed by atoms with E-state index in [9.17, 15) is 14.4 Å². The number of carbonyl (C=O) groups excluding carboxylic acids is 3. The Balaban J connectivity index is 1.46. The molecule has 8 heteroatoms. The minimum atomic E-state index is -1.02. The molecule has 2 aliphatic heterocycles. The Labute approximate surface area is 241 Å². The third-order valence-electron chi connectivity index (χ3n) is 6.82. The van der Waals surface area contributed by atoms with Gasteiger partial charge in [0.1, 0.15) is 5.92 Å². The van der Waals surface area contributed by atoms with Gasteiger partial charge in [0.15, 0.2) is 11.9 Å². The van der Waals surface area contributed by atoms with Crippen LogP contribution in [0.5, 0.6) is 0 Å². The zero-order valence-corrected chi connectivity index (χ0v) is 23.6. The summed E-state index contributed by atoms with van der Waals surface area (Å²) in [5, 5.41) is 1.59. The molecule has 0 aromatic heterocycles. The Morgan fingerprint density at radius 2 is 1.47 bits per heavy atom. The lowest BCUT2D eigenvalue weighted by molar-refractivity contribution is -0.126. The number of imide groups is 1. The van der Waals surface area contributed by atoms with Gasteiger partial charge in [0, 0.05) is 19.2 Å². The van der Waals surface area contributed by atoms with Crippen LogP contribution in [-0.4, -0.2) is 23.7 Å². The molecule has 188 valence electrons. The Hall–Kier alpha value is -3.34. The van der Waals surface area contributed by atoms with E-state index in [4.69, 9.17) is 4.84 Å². The standard InChI is InChI=1S/C30H20BrIN2O4/c31-20-11-14-22(15-12-20)33-29(36)25-26(18-7-3-1-4-8-18)34(38-28(25)30(33)37)24-16-13-21(32)17-23(24)27(35)19-9-5-2-6-10-19/h1-17,25-26,28H/t25-,26+,28+/m1/s1. The largest absolute Gasteiger partial charge is 0.289 e. The molecule has 0 spiro atoms. The normalized spacial score (nSPS) is 20.6. The monoisotopic (exact) mass is 678 g/mol. The van der Waals surface area contributed by atoms with Crippen LogP contribution in [0.3, 0.4) is 0 Å². The van der Waals surface area contributed by atoms with Gasteiger partial charge in [0.25, 0.3) is 5.91 Å². The van der Waals surface area contributed by atoms with Crippen LogP contribution in [0, 0.1) is 9.49 Å². The average molecular weight is 679 g/mol. The van der Waals surface area contributed by atoms with Crippen molar-refractivity contribution in [2.24, 2.45) is 5.92 Å². The number of amides is 2. The van der Waals surface area contributed by atoms with Crippen molar-refractivity contribution in [1.29, 1.82) is 0 Å². The highest BCUT2D eigenvalue weighted by Crippen LogP contribution is 2.48. The van der Waals surface area contributed by atoms with Crippen LogP contribution >= 0.6 is 38.5 Å². The van der Waals surface area contributed by atoms with Gasteiger partial charge in [-0.2, -0.15) is 0 Å². The van der Waals surface area contributed by atoms with Crippen LogP contribution in [0.15, 0.2) is 108 Å². The van der Waals surface area contributed by atoms with E-state index in [1.54, 1.807) is 41.5 Å². The summed E-state index contributed by atoms with van der Waals surface area (Å²) < 4.78 is 1.73. The number of halogens is 2. The lowest BCUT2D eigenvalue weighted by atomic mass is 9.90. The van der Waals surface area contributed by atoms with E-state index < -0.39 is 24.0 Å². The summed E-state index contributed by atoms with van der Waals surface area (Å²) in [4.78, 5) is 48.6. The lowest BCUT2D eigenvalue weighted by Gasteiger charge is -2.30. The summed E-state index contributed by atoms with van der Waals surface area (Å²) in [6.07, 6.45) is -1.02. The second-order valence-corrected chi connectivity index (χ2v) is 11.2. The molecule has 2 heterocycles. The molecular weight excluding hydrogens is 659 g/mol. The van der Waals surface area contributed by atoms with Crippen molar-refractivity contribution in [2.45, 2.75) is 12.1 Å². The van der Waals surface area contributed by atoms with Crippen LogP contribution in [0.4, 0.5) is 11.4 Å². The number of nitrogens with zero attached hydrogens (tertiary/aromatic N) is 2. The summed E-state index contributed by atoms with van der Waals surface area (Å²) in [7, 11) is 0. The predicted octanol–water partition coefficient (Wildman–Crippen LogP) is 6.34. The van der Waals surface area contributed by atoms with Gasteiger partial charge < -0.3 is 0 Å². The molecule has 2 fully saturated rings. The molecule has 6 nitrogen and oxygen atoms in total. The second kappa shape index (κ2) is 10.1. The van der Waals surface area contributed by atoms with Gasteiger partial charge >= 0.3 is 0 Å². The number of fused-ring (bicyclic) bond motifs is 1. The summed E-state index contributed by atoms with van der Waals surface area (Å²) in [5.74, 6) is -1.71. The van der Waals surface area contributed by atoms with E-state index in [1.165, 1.54) is 4.90 Å². The number of hydrogen-bond donors (Lipinski definition) is 0. The van der Waals surface area contributed by atoms with Crippen molar-refractivity contribution in [1.82, 2.24) is 0 Å². The first-order valence-corrected chi connectivity index (χ1v) is 13.8. The fourth-order valence-electron chi connectivity index (χ4n) is 5.08. The third kappa shape index (κ3) is 4.26. The van der Waals surface area contributed by atoms with E-state index in [1.807, 2.05) is 66.7 Å². The van der Waals surface area contributed by atoms with Crippen molar-refractivity contribution in [3.05, 3.63) is 128 Å². The van der Waals surface area contributed by atoms with E-state index in [-0.39, 0.29) is 11.7 Å². The summed E-state index contributed by atoms with van der Waals surface area (Å²) in [6, 6.07) is 30.5. The van der Waals surface area contributed by atoms with Gasteiger partial charge in [0.05, 0.1) is 17.4 Å². The molecule has 0 radical (unpaired) electrons. The van der Waals surface area contributed by atoms with E-state index in [0.29, 0.717) is 22.5 Å². The predicted molar refractivity (Wildman–Crippen MR) is 156 cm³/mol. The maximum absolute atomic E-state index is 13.9. The smallest absolute Gasteiger partial charge is 0.266 e. The Kier molecular flexibility index (Phi) is 6.63. The molecule has 2 amide bonds. The van der Waals surface area contributed by atoms with Crippen molar-refractivity contribution in [2.75, 3.05) is 9.96 Å². The quantitative estimate of drug-likeness (QED) is 0.140. The molecular formula is C30H20BrIN2O4. The van der Waals surface area contributed by atoms with Crippen LogP contribution in [0.1, 0.15) is 27.5 Å². The summed E-state index contributed by atoms with van der Waals surface area (Å²) in [5.41, 5.74) is 2.80. The van der Waals surface area contributed by atoms with Crippen molar-refractivity contribution in [3.8, 4) is 0 Å². The number of hydroxylamine groups is 1. The Morgan fingerprint density at radius 1 is 0.816 bits per heavy atom. The Morgan fingerprint density at radius 3 is 2.16 bits per heavy atom. The second-order valence-electron chi connectivity index (χ2n) is 9.08. The topological polar surface area (TPSA) is 66.9 Å². The maximum atomic E-state index is 13.9. The zero-order valence-electron chi connectivity index (χ0n) is 19.8. The first-order chi connectivity index (χ1) is 18.4.